The third-order valence-corrected chi connectivity index (χ3v) is 6.71. The number of nitrogens with zero attached hydrogens (tertiary/aromatic N) is 3. The second kappa shape index (κ2) is 5.73. The van der Waals surface area contributed by atoms with Crippen LogP contribution in [0.25, 0.3) is 16.6 Å². The summed E-state index contributed by atoms with van der Waals surface area (Å²) in [6.07, 6.45) is 5.67. The van der Waals surface area contributed by atoms with Gasteiger partial charge in [-0.3, -0.25) is 4.90 Å². The number of hydroxylamine groups is 1. The van der Waals surface area contributed by atoms with Crippen LogP contribution in [0.4, 0.5) is 0 Å². The van der Waals surface area contributed by atoms with E-state index in [4.69, 9.17) is 4.84 Å². The highest BCUT2D eigenvalue weighted by Gasteiger charge is 2.47. The maximum atomic E-state index is 5.36. The predicted octanol–water partition coefficient (Wildman–Crippen LogP) is 4.24. The Balaban J connectivity index is 1.88. The Labute approximate surface area is 160 Å². The van der Waals surface area contributed by atoms with Gasteiger partial charge in [0.1, 0.15) is 0 Å². The van der Waals surface area contributed by atoms with Crippen LogP contribution in [0.15, 0.2) is 47.8 Å². The molecule has 0 bridgehead atoms. The number of aliphatic imine (C=N–C) groups is 1. The quantitative estimate of drug-likeness (QED) is 0.888. The van der Waals surface area contributed by atoms with Crippen LogP contribution in [0, 0.1) is 5.41 Å². The molecule has 27 heavy (non-hydrogen) atoms. The van der Waals surface area contributed by atoms with Crippen molar-refractivity contribution in [3.05, 3.63) is 54.1 Å². The van der Waals surface area contributed by atoms with Crippen LogP contribution in [-0.2, 0) is 11.3 Å². The fraction of sp³-hybridized carbons (Fsp3) is 0.409. The van der Waals surface area contributed by atoms with E-state index in [9.17, 15) is 0 Å². The van der Waals surface area contributed by atoms with Crippen LogP contribution in [0.5, 0.6) is 0 Å². The highest BCUT2D eigenvalue weighted by molar-refractivity contribution is 6.20. The lowest BCUT2D eigenvalue weighted by molar-refractivity contribution is 0.0943. The van der Waals surface area contributed by atoms with E-state index in [1.807, 2.05) is 0 Å². The normalized spacial score (nSPS) is 23.5. The second-order valence-electron chi connectivity index (χ2n) is 7.88. The summed E-state index contributed by atoms with van der Waals surface area (Å²) in [4.78, 5) is 12.4. The van der Waals surface area contributed by atoms with E-state index in [0.717, 1.165) is 37.3 Å². The standard InChI is InChI=1S/C22H26N4O/c1-5-22(6-2)13-18(21-23-14(3)27-24-21)26-17-10-8-7-9-15(17)16-11-12-25(4)20(22)19(16)26/h7-10,13,20H,3,5-6,11-12H2,1-2,4H3,(H,23,24)/t20-/m1/s1. The molecular formula is C22H26N4O. The van der Waals surface area contributed by atoms with Gasteiger partial charge in [-0.15, -0.1) is 0 Å². The summed E-state index contributed by atoms with van der Waals surface area (Å²) in [6.45, 7) is 9.54. The average molecular weight is 362 g/mol. The molecule has 5 heteroatoms. The molecule has 140 valence electrons. The molecule has 4 heterocycles. The molecule has 2 aromatic rings. The minimum atomic E-state index is 0.0672. The smallest absolute Gasteiger partial charge is 0.240 e. The molecule has 0 unspecified atom stereocenters. The van der Waals surface area contributed by atoms with Gasteiger partial charge in [0.2, 0.25) is 5.88 Å². The van der Waals surface area contributed by atoms with Crippen LogP contribution in [0.2, 0.25) is 0 Å². The first-order chi connectivity index (χ1) is 13.1. The minimum absolute atomic E-state index is 0.0672. The number of rotatable bonds is 3. The molecule has 0 saturated heterocycles. The van der Waals surface area contributed by atoms with Crippen molar-refractivity contribution in [2.24, 2.45) is 10.4 Å². The van der Waals surface area contributed by atoms with E-state index in [2.05, 4.69) is 77.8 Å². The molecule has 1 aromatic heterocycles. The van der Waals surface area contributed by atoms with E-state index in [0.29, 0.717) is 11.9 Å². The third-order valence-electron chi connectivity index (χ3n) is 6.71. The van der Waals surface area contributed by atoms with Crippen molar-refractivity contribution < 1.29 is 4.84 Å². The molecule has 0 saturated carbocycles. The number of likely N-dealkylation sites (N-methyl/N-ethyl adjacent to an activating group) is 1. The Bertz CT molecular complexity index is 1010. The van der Waals surface area contributed by atoms with Gasteiger partial charge in [-0.1, -0.05) is 32.0 Å². The number of hydrogen-bond donors (Lipinski definition) is 1. The molecule has 0 fully saturated rings. The average Bonchev–Trinajstić information content (AvgIpc) is 3.27. The summed E-state index contributed by atoms with van der Waals surface area (Å²) in [6, 6.07) is 9.11. The highest BCUT2D eigenvalue weighted by atomic mass is 16.7. The van der Waals surface area contributed by atoms with E-state index < -0.39 is 0 Å². The maximum absolute atomic E-state index is 5.36. The van der Waals surface area contributed by atoms with Crippen molar-refractivity contribution >= 4 is 22.4 Å². The van der Waals surface area contributed by atoms with Gasteiger partial charge in [0.15, 0.2) is 5.84 Å². The third kappa shape index (κ3) is 2.12. The van der Waals surface area contributed by atoms with Gasteiger partial charge in [0.05, 0.1) is 17.3 Å². The second-order valence-corrected chi connectivity index (χ2v) is 7.88. The number of nitrogens with one attached hydrogen (secondary N) is 1. The lowest BCUT2D eigenvalue weighted by Gasteiger charge is -2.48. The first kappa shape index (κ1) is 16.6. The molecule has 0 spiro atoms. The van der Waals surface area contributed by atoms with Gasteiger partial charge >= 0.3 is 0 Å². The van der Waals surface area contributed by atoms with Gasteiger partial charge < -0.3 is 9.40 Å². The molecule has 3 aliphatic heterocycles. The van der Waals surface area contributed by atoms with Crippen molar-refractivity contribution in [2.45, 2.75) is 39.2 Å². The highest BCUT2D eigenvalue weighted by Crippen LogP contribution is 2.54. The lowest BCUT2D eigenvalue weighted by Crippen LogP contribution is -2.46. The predicted molar refractivity (Wildman–Crippen MR) is 109 cm³/mol. The number of amidine groups is 1. The van der Waals surface area contributed by atoms with Crippen molar-refractivity contribution in [1.29, 1.82) is 0 Å². The number of hydrogen-bond acceptors (Lipinski definition) is 4. The molecule has 5 nitrogen and oxygen atoms in total. The maximum Gasteiger partial charge on any atom is 0.240 e. The summed E-state index contributed by atoms with van der Waals surface area (Å²) in [5, 5.41) is 1.36. The largest absolute Gasteiger partial charge is 0.361 e. The molecule has 1 atom stereocenters. The van der Waals surface area contributed by atoms with Crippen molar-refractivity contribution in [3.8, 4) is 0 Å². The minimum Gasteiger partial charge on any atom is -0.361 e. The summed E-state index contributed by atoms with van der Waals surface area (Å²) in [5.74, 6) is 1.16. The Morgan fingerprint density at radius 2 is 2.07 bits per heavy atom. The molecule has 0 radical (unpaired) electrons. The molecule has 1 N–H and O–H groups in total. The Kier molecular flexibility index (Phi) is 3.53. The van der Waals surface area contributed by atoms with Crippen LogP contribution in [0.3, 0.4) is 0 Å². The molecular weight excluding hydrogens is 336 g/mol. The fourth-order valence-corrected chi connectivity index (χ4v) is 5.29. The van der Waals surface area contributed by atoms with Gasteiger partial charge in [-0.05, 0) is 50.6 Å². The molecule has 3 aliphatic rings. The zero-order chi connectivity index (χ0) is 18.8. The van der Waals surface area contributed by atoms with Crippen molar-refractivity contribution in [3.63, 3.8) is 0 Å². The summed E-state index contributed by atoms with van der Waals surface area (Å²) in [5.41, 5.74) is 8.30. The lowest BCUT2D eigenvalue weighted by atomic mass is 9.69. The SMILES string of the molecule is C=C1N=C(C2=CC(CC)(CC)[C@H]3c4c(c5ccccc5n42)CCN3C)NO1. The zero-order valence-electron chi connectivity index (χ0n) is 16.2. The first-order valence-corrected chi connectivity index (χ1v) is 9.86. The fourth-order valence-electron chi connectivity index (χ4n) is 5.29. The Morgan fingerprint density at radius 1 is 1.30 bits per heavy atom. The molecule has 0 amide bonds. The number of fused-ring (bicyclic) bond motifs is 3. The van der Waals surface area contributed by atoms with Crippen LogP contribution in [0.1, 0.15) is 44.0 Å². The summed E-state index contributed by atoms with van der Waals surface area (Å²) in [7, 11) is 2.27. The summed E-state index contributed by atoms with van der Waals surface area (Å²) < 4.78 is 2.41. The topological polar surface area (TPSA) is 41.8 Å². The van der Waals surface area contributed by atoms with Gasteiger partial charge in [0.25, 0.3) is 0 Å². The zero-order valence-corrected chi connectivity index (χ0v) is 16.2. The van der Waals surface area contributed by atoms with Crippen LogP contribution >= 0.6 is 0 Å². The van der Waals surface area contributed by atoms with E-state index in [-0.39, 0.29) is 5.41 Å². The Morgan fingerprint density at radius 3 is 2.78 bits per heavy atom. The van der Waals surface area contributed by atoms with Gasteiger partial charge in [-0.25, -0.2) is 0 Å². The van der Waals surface area contributed by atoms with E-state index in [1.54, 1.807) is 0 Å². The van der Waals surface area contributed by atoms with E-state index in [1.165, 1.54) is 22.2 Å². The first-order valence-electron chi connectivity index (χ1n) is 9.86. The van der Waals surface area contributed by atoms with Crippen LogP contribution < -0.4 is 5.48 Å². The molecule has 0 aliphatic carbocycles. The van der Waals surface area contributed by atoms with E-state index >= 15 is 0 Å². The number of para-hydroxylation sites is 1. The van der Waals surface area contributed by atoms with Gasteiger partial charge in [-0.2, -0.15) is 10.5 Å². The van der Waals surface area contributed by atoms with Crippen LogP contribution in [-0.4, -0.2) is 28.9 Å². The molecule has 5 rings (SSSR count). The van der Waals surface area contributed by atoms with Crippen molar-refractivity contribution in [1.82, 2.24) is 14.9 Å². The number of aromatic nitrogens is 1. The Hall–Kier alpha value is -2.53. The number of benzene rings is 1. The molecule has 1 aromatic carbocycles. The monoisotopic (exact) mass is 362 g/mol. The van der Waals surface area contributed by atoms with Crippen molar-refractivity contribution in [2.75, 3.05) is 13.6 Å². The summed E-state index contributed by atoms with van der Waals surface area (Å²) >= 11 is 0. The van der Waals surface area contributed by atoms with Gasteiger partial charge in [0, 0.05) is 23.0 Å².